The lowest BCUT2D eigenvalue weighted by molar-refractivity contribution is 0.141. The van der Waals surface area contributed by atoms with Crippen LogP contribution in [0.4, 0.5) is 0 Å². The van der Waals surface area contributed by atoms with Crippen LogP contribution in [0.1, 0.15) is 11.1 Å². The van der Waals surface area contributed by atoms with E-state index in [0.717, 1.165) is 10.9 Å². The van der Waals surface area contributed by atoms with Gasteiger partial charge in [0.15, 0.2) is 0 Å². The molecule has 2 aromatic carbocycles. The summed E-state index contributed by atoms with van der Waals surface area (Å²) in [5, 5.41) is 10.3. The zero-order valence-corrected chi connectivity index (χ0v) is 11.7. The lowest BCUT2D eigenvalue weighted by atomic mass is 10.1. The minimum atomic E-state index is 0.235. The second-order valence-corrected chi connectivity index (χ2v) is 4.95. The van der Waals surface area contributed by atoms with Gasteiger partial charge < -0.3 is 14.9 Å². The molecule has 1 aromatic heterocycles. The molecule has 21 heavy (non-hydrogen) atoms. The summed E-state index contributed by atoms with van der Waals surface area (Å²) in [7, 11) is 0. The Balaban J connectivity index is 1.53. The number of benzene rings is 2. The SMILES string of the molecule is Cc1ccc(CNNOc2cc3cc(O)ccc3[nH]2)cc1. The van der Waals surface area contributed by atoms with Gasteiger partial charge in [0, 0.05) is 23.5 Å². The first-order valence-corrected chi connectivity index (χ1v) is 6.73. The fourth-order valence-corrected chi connectivity index (χ4v) is 2.08. The Hall–Kier alpha value is -2.50. The molecule has 0 amide bonds. The van der Waals surface area contributed by atoms with Crippen LogP contribution in [0.15, 0.2) is 48.5 Å². The number of hydrazine groups is 1. The number of phenolic OH excluding ortho intramolecular Hbond substituents is 1. The van der Waals surface area contributed by atoms with Crippen molar-refractivity contribution < 1.29 is 9.94 Å². The Morgan fingerprint density at radius 2 is 1.90 bits per heavy atom. The molecule has 0 bridgehead atoms. The summed E-state index contributed by atoms with van der Waals surface area (Å²) < 4.78 is 0. The van der Waals surface area contributed by atoms with Crippen LogP contribution in [0.2, 0.25) is 0 Å². The van der Waals surface area contributed by atoms with E-state index < -0.39 is 0 Å². The highest BCUT2D eigenvalue weighted by Crippen LogP contribution is 2.23. The fourth-order valence-electron chi connectivity index (χ4n) is 2.08. The zero-order chi connectivity index (χ0) is 14.7. The maximum Gasteiger partial charge on any atom is 0.218 e. The molecule has 1 heterocycles. The molecular formula is C16H17N3O2. The number of aromatic hydroxyl groups is 1. The van der Waals surface area contributed by atoms with Gasteiger partial charge in [-0.25, -0.2) is 5.43 Å². The third-order valence-electron chi connectivity index (χ3n) is 3.23. The molecule has 0 unspecified atom stereocenters. The first-order chi connectivity index (χ1) is 10.2. The quantitative estimate of drug-likeness (QED) is 0.429. The summed E-state index contributed by atoms with van der Waals surface area (Å²) in [5.74, 6) is 0.811. The van der Waals surface area contributed by atoms with Gasteiger partial charge in [0.25, 0.3) is 0 Å². The van der Waals surface area contributed by atoms with Crippen LogP contribution in [0.3, 0.4) is 0 Å². The number of hydrogen-bond acceptors (Lipinski definition) is 4. The van der Waals surface area contributed by atoms with Gasteiger partial charge in [-0.1, -0.05) is 35.4 Å². The lowest BCUT2D eigenvalue weighted by Gasteiger charge is -2.07. The van der Waals surface area contributed by atoms with E-state index in [1.807, 2.05) is 6.07 Å². The number of fused-ring (bicyclic) bond motifs is 1. The van der Waals surface area contributed by atoms with Gasteiger partial charge in [0.05, 0.1) is 0 Å². The maximum absolute atomic E-state index is 9.42. The molecule has 5 heteroatoms. The Bertz CT molecular complexity index is 735. The Morgan fingerprint density at radius 1 is 1.10 bits per heavy atom. The summed E-state index contributed by atoms with van der Waals surface area (Å²) in [5.41, 5.74) is 8.99. The average Bonchev–Trinajstić information content (AvgIpc) is 2.87. The number of hydrogen-bond donors (Lipinski definition) is 4. The van der Waals surface area contributed by atoms with Crippen molar-refractivity contribution in [2.75, 3.05) is 0 Å². The number of H-pyrrole nitrogens is 1. The van der Waals surface area contributed by atoms with E-state index in [4.69, 9.17) is 4.84 Å². The molecule has 0 spiro atoms. The lowest BCUT2D eigenvalue weighted by Crippen LogP contribution is -2.34. The Kier molecular flexibility index (Phi) is 3.77. The summed E-state index contributed by atoms with van der Waals surface area (Å²) in [4.78, 5) is 8.47. The normalized spacial score (nSPS) is 10.9. The van der Waals surface area contributed by atoms with Gasteiger partial charge >= 0.3 is 0 Å². The Labute approximate surface area is 122 Å². The van der Waals surface area contributed by atoms with E-state index in [1.165, 1.54) is 11.1 Å². The third kappa shape index (κ3) is 3.34. The van der Waals surface area contributed by atoms with Crippen LogP contribution >= 0.6 is 0 Å². The van der Waals surface area contributed by atoms with Crippen molar-refractivity contribution in [3.8, 4) is 11.6 Å². The highest BCUT2D eigenvalue weighted by Gasteiger charge is 2.02. The molecule has 0 saturated carbocycles. The van der Waals surface area contributed by atoms with Gasteiger partial charge in [0.1, 0.15) is 5.75 Å². The molecule has 0 fully saturated rings. The first kappa shape index (κ1) is 13.5. The summed E-state index contributed by atoms with van der Waals surface area (Å²) in [6.45, 7) is 2.72. The molecule has 0 saturated heterocycles. The van der Waals surface area contributed by atoms with Crippen molar-refractivity contribution in [3.63, 3.8) is 0 Å². The van der Waals surface area contributed by atoms with Gasteiger partial charge in [-0.2, -0.15) is 0 Å². The monoisotopic (exact) mass is 283 g/mol. The van der Waals surface area contributed by atoms with Gasteiger partial charge in [-0.15, -0.1) is 0 Å². The predicted molar refractivity (Wildman–Crippen MR) is 81.7 cm³/mol. The second-order valence-electron chi connectivity index (χ2n) is 4.95. The molecular weight excluding hydrogens is 266 g/mol. The number of phenols is 1. The summed E-state index contributed by atoms with van der Waals surface area (Å²) in [6, 6.07) is 15.2. The van der Waals surface area contributed by atoms with E-state index in [9.17, 15) is 5.11 Å². The molecule has 5 nitrogen and oxygen atoms in total. The minimum Gasteiger partial charge on any atom is -0.508 e. The fraction of sp³-hybridized carbons (Fsp3) is 0.125. The predicted octanol–water partition coefficient (Wildman–Crippen LogP) is 2.77. The number of aryl methyl sites for hydroxylation is 1. The number of aromatic nitrogens is 1. The van der Waals surface area contributed by atoms with Crippen LogP contribution < -0.4 is 15.9 Å². The van der Waals surface area contributed by atoms with Crippen molar-refractivity contribution in [1.82, 2.24) is 16.0 Å². The standard InChI is InChI=1S/C16H17N3O2/c1-11-2-4-12(5-3-11)10-17-19-21-16-9-13-8-14(20)6-7-15(13)18-16/h2-9,17-20H,10H2,1H3. The molecule has 4 N–H and O–H groups in total. The molecule has 0 aliphatic rings. The third-order valence-corrected chi connectivity index (χ3v) is 3.23. The van der Waals surface area contributed by atoms with Crippen molar-refractivity contribution in [2.24, 2.45) is 0 Å². The topological polar surface area (TPSA) is 69.3 Å². The second kappa shape index (κ2) is 5.87. The number of nitrogens with one attached hydrogen (secondary N) is 3. The Morgan fingerprint density at radius 3 is 2.71 bits per heavy atom. The van der Waals surface area contributed by atoms with E-state index >= 15 is 0 Å². The molecule has 3 aromatic rings. The van der Waals surface area contributed by atoms with Gasteiger partial charge in [0.2, 0.25) is 5.88 Å². The van der Waals surface area contributed by atoms with Crippen LogP contribution in [0.5, 0.6) is 11.6 Å². The number of aromatic amines is 1. The first-order valence-electron chi connectivity index (χ1n) is 6.73. The highest BCUT2D eigenvalue weighted by atomic mass is 16.7. The van der Waals surface area contributed by atoms with E-state index in [2.05, 4.69) is 47.2 Å². The van der Waals surface area contributed by atoms with Crippen LogP contribution in [0, 0.1) is 6.92 Å². The van der Waals surface area contributed by atoms with Crippen molar-refractivity contribution in [2.45, 2.75) is 13.5 Å². The maximum atomic E-state index is 9.42. The van der Waals surface area contributed by atoms with Crippen molar-refractivity contribution >= 4 is 10.9 Å². The van der Waals surface area contributed by atoms with Crippen molar-refractivity contribution in [1.29, 1.82) is 0 Å². The molecule has 0 radical (unpaired) electrons. The molecule has 3 rings (SSSR count). The van der Waals surface area contributed by atoms with E-state index in [-0.39, 0.29) is 5.75 Å². The van der Waals surface area contributed by atoms with E-state index in [0.29, 0.717) is 12.4 Å². The smallest absolute Gasteiger partial charge is 0.218 e. The molecule has 0 aliphatic carbocycles. The van der Waals surface area contributed by atoms with Crippen LogP contribution in [-0.4, -0.2) is 10.1 Å². The molecule has 108 valence electrons. The molecule has 0 atom stereocenters. The van der Waals surface area contributed by atoms with E-state index in [1.54, 1.807) is 18.2 Å². The van der Waals surface area contributed by atoms with Crippen LogP contribution in [0.25, 0.3) is 10.9 Å². The molecule has 0 aliphatic heterocycles. The summed E-state index contributed by atoms with van der Waals surface area (Å²) >= 11 is 0. The zero-order valence-electron chi connectivity index (χ0n) is 11.7. The average molecular weight is 283 g/mol. The minimum absolute atomic E-state index is 0.235. The largest absolute Gasteiger partial charge is 0.508 e. The van der Waals surface area contributed by atoms with Crippen molar-refractivity contribution in [3.05, 3.63) is 59.7 Å². The van der Waals surface area contributed by atoms with Gasteiger partial charge in [-0.05, 0) is 30.7 Å². The summed E-state index contributed by atoms with van der Waals surface area (Å²) in [6.07, 6.45) is 0. The number of rotatable bonds is 5. The van der Waals surface area contributed by atoms with Crippen LogP contribution in [-0.2, 0) is 6.54 Å². The van der Waals surface area contributed by atoms with Gasteiger partial charge in [-0.3, -0.25) is 0 Å². The highest BCUT2D eigenvalue weighted by molar-refractivity contribution is 5.82.